The van der Waals surface area contributed by atoms with E-state index in [1.165, 1.54) is 6.20 Å². The molecule has 1 aliphatic heterocycles. The van der Waals surface area contributed by atoms with Crippen molar-refractivity contribution in [3.05, 3.63) is 35.7 Å². The van der Waals surface area contributed by atoms with Crippen molar-refractivity contribution in [2.75, 3.05) is 20.8 Å². The molecule has 1 aliphatic rings. The zero-order valence-electron chi connectivity index (χ0n) is 12.6. The third-order valence-corrected chi connectivity index (χ3v) is 3.95. The summed E-state index contributed by atoms with van der Waals surface area (Å²) in [6, 6.07) is 5.66. The molecule has 2 heterocycles. The van der Waals surface area contributed by atoms with Crippen LogP contribution in [0.25, 0.3) is 0 Å². The number of hydrogen-bond donors (Lipinski definition) is 1. The van der Waals surface area contributed by atoms with Gasteiger partial charge in [0.1, 0.15) is 11.5 Å². The second kappa shape index (κ2) is 6.05. The van der Waals surface area contributed by atoms with E-state index < -0.39 is 0 Å². The monoisotopic (exact) mass is 302 g/mol. The zero-order valence-corrected chi connectivity index (χ0v) is 12.6. The Balaban J connectivity index is 1.91. The highest BCUT2D eigenvalue weighted by Gasteiger charge is 2.33. The van der Waals surface area contributed by atoms with E-state index in [9.17, 15) is 4.79 Å². The number of ether oxygens (including phenoxy) is 2. The molecule has 1 N–H and O–H groups in total. The molecule has 1 unspecified atom stereocenters. The van der Waals surface area contributed by atoms with Crippen LogP contribution >= 0.6 is 0 Å². The number of carbonyl (C=O) groups excluding carboxylic acids is 1. The smallest absolute Gasteiger partial charge is 0.276 e. The van der Waals surface area contributed by atoms with Gasteiger partial charge in [0.15, 0.2) is 5.69 Å². The van der Waals surface area contributed by atoms with Crippen molar-refractivity contribution in [2.45, 2.75) is 18.9 Å². The van der Waals surface area contributed by atoms with Gasteiger partial charge in [-0.25, -0.2) is 0 Å². The third kappa shape index (κ3) is 2.49. The minimum absolute atomic E-state index is 0.0231. The van der Waals surface area contributed by atoms with Crippen molar-refractivity contribution in [3.63, 3.8) is 0 Å². The van der Waals surface area contributed by atoms with Crippen LogP contribution in [0.3, 0.4) is 0 Å². The van der Waals surface area contributed by atoms with Gasteiger partial charge in [0.25, 0.3) is 5.91 Å². The minimum Gasteiger partial charge on any atom is -0.497 e. The van der Waals surface area contributed by atoms with Crippen LogP contribution in [0.4, 0.5) is 0 Å². The first-order chi connectivity index (χ1) is 10.7. The standard InChI is InChI=1S/C15H18N4O3/c1-21-10-5-6-11(14(8-10)22-2)13-4-3-7-19(13)15(20)12-9-16-18-17-12/h5-6,8-9,13H,3-4,7H2,1-2H3,(H,16,17,18). The summed E-state index contributed by atoms with van der Waals surface area (Å²) in [4.78, 5) is 14.4. The number of carbonyl (C=O) groups is 1. The molecule has 1 atom stereocenters. The maximum absolute atomic E-state index is 12.6. The van der Waals surface area contributed by atoms with Crippen molar-refractivity contribution < 1.29 is 14.3 Å². The number of aromatic amines is 1. The van der Waals surface area contributed by atoms with Gasteiger partial charge in [-0.15, -0.1) is 0 Å². The summed E-state index contributed by atoms with van der Waals surface area (Å²) in [7, 11) is 3.24. The molecule has 116 valence electrons. The fraction of sp³-hybridized carbons (Fsp3) is 0.400. The predicted octanol–water partition coefficient (Wildman–Crippen LogP) is 1.80. The van der Waals surface area contributed by atoms with Gasteiger partial charge in [-0.1, -0.05) is 0 Å². The van der Waals surface area contributed by atoms with Crippen molar-refractivity contribution >= 4 is 5.91 Å². The Morgan fingerprint density at radius 1 is 1.36 bits per heavy atom. The van der Waals surface area contributed by atoms with Crippen LogP contribution in [0.5, 0.6) is 11.5 Å². The average Bonchev–Trinajstić information content (AvgIpc) is 3.24. The molecule has 2 aromatic rings. The predicted molar refractivity (Wildman–Crippen MR) is 78.9 cm³/mol. The molecular weight excluding hydrogens is 284 g/mol. The van der Waals surface area contributed by atoms with Gasteiger partial charge in [0.2, 0.25) is 0 Å². The SMILES string of the molecule is COc1ccc(C2CCCN2C(=O)c2cn[nH]n2)c(OC)c1. The molecule has 3 rings (SSSR count). The highest BCUT2D eigenvalue weighted by Crippen LogP contribution is 2.39. The summed E-state index contributed by atoms with van der Waals surface area (Å²) in [5.74, 6) is 1.34. The normalized spacial score (nSPS) is 17.5. The number of rotatable bonds is 4. The van der Waals surface area contributed by atoms with Gasteiger partial charge in [-0.2, -0.15) is 15.4 Å². The van der Waals surface area contributed by atoms with Crippen molar-refractivity contribution in [2.24, 2.45) is 0 Å². The Hall–Kier alpha value is -2.57. The second-order valence-corrected chi connectivity index (χ2v) is 5.12. The van der Waals surface area contributed by atoms with E-state index in [1.807, 2.05) is 23.1 Å². The van der Waals surface area contributed by atoms with Gasteiger partial charge in [-0.05, 0) is 25.0 Å². The van der Waals surface area contributed by atoms with Crippen molar-refractivity contribution in [3.8, 4) is 11.5 Å². The maximum atomic E-state index is 12.6. The summed E-state index contributed by atoms with van der Waals surface area (Å²) in [6.45, 7) is 0.700. The quantitative estimate of drug-likeness (QED) is 0.931. The highest BCUT2D eigenvalue weighted by atomic mass is 16.5. The molecule has 0 bridgehead atoms. The molecule has 22 heavy (non-hydrogen) atoms. The van der Waals surface area contributed by atoms with E-state index in [4.69, 9.17) is 9.47 Å². The number of amides is 1. The Bertz CT molecular complexity index is 657. The molecule has 0 spiro atoms. The largest absolute Gasteiger partial charge is 0.497 e. The average molecular weight is 302 g/mol. The van der Waals surface area contributed by atoms with Crippen LogP contribution in [0.15, 0.2) is 24.4 Å². The van der Waals surface area contributed by atoms with Gasteiger partial charge in [-0.3, -0.25) is 4.79 Å². The lowest BCUT2D eigenvalue weighted by atomic mass is 10.0. The summed E-state index contributed by atoms with van der Waals surface area (Å²) in [5.41, 5.74) is 1.32. The lowest BCUT2D eigenvalue weighted by Gasteiger charge is -2.25. The fourth-order valence-electron chi connectivity index (χ4n) is 2.88. The molecule has 0 saturated carbocycles. The summed E-state index contributed by atoms with van der Waals surface area (Å²) in [5, 5.41) is 10.1. The molecule has 7 nitrogen and oxygen atoms in total. The molecule has 1 fully saturated rings. The van der Waals surface area contributed by atoms with Crippen LogP contribution in [-0.2, 0) is 0 Å². The number of benzene rings is 1. The number of nitrogens with zero attached hydrogens (tertiary/aromatic N) is 3. The minimum atomic E-state index is -0.117. The number of H-pyrrole nitrogens is 1. The number of methoxy groups -OCH3 is 2. The summed E-state index contributed by atoms with van der Waals surface area (Å²) < 4.78 is 10.7. The van der Waals surface area contributed by atoms with Crippen LogP contribution in [0, 0.1) is 0 Å². The van der Waals surface area contributed by atoms with Gasteiger partial charge in [0, 0.05) is 18.2 Å². The molecule has 1 aromatic heterocycles. The fourth-order valence-corrected chi connectivity index (χ4v) is 2.88. The maximum Gasteiger partial charge on any atom is 0.276 e. The van der Waals surface area contributed by atoms with Gasteiger partial charge < -0.3 is 14.4 Å². The Morgan fingerprint density at radius 2 is 2.23 bits per heavy atom. The number of nitrogens with one attached hydrogen (secondary N) is 1. The third-order valence-electron chi connectivity index (χ3n) is 3.95. The first-order valence-corrected chi connectivity index (χ1v) is 7.13. The van der Waals surface area contributed by atoms with E-state index >= 15 is 0 Å². The zero-order chi connectivity index (χ0) is 15.5. The number of likely N-dealkylation sites (tertiary alicyclic amines) is 1. The number of aromatic nitrogens is 3. The van der Waals surface area contributed by atoms with Crippen LogP contribution in [0.2, 0.25) is 0 Å². The van der Waals surface area contributed by atoms with Gasteiger partial charge >= 0.3 is 0 Å². The van der Waals surface area contributed by atoms with E-state index in [2.05, 4.69) is 15.4 Å². The molecule has 7 heteroatoms. The Morgan fingerprint density at radius 3 is 2.91 bits per heavy atom. The Kier molecular flexibility index (Phi) is 3.95. The van der Waals surface area contributed by atoms with Crippen molar-refractivity contribution in [1.82, 2.24) is 20.3 Å². The van der Waals surface area contributed by atoms with E-state index in [1.54, 1.807) is 14.2 Å². The topological polar surface area (TPSA) is 80.3 Å². The molecular formula is C15H18N4O3. The Labute approximate surface area is 128 Å². The molecule has 1 saturated heterocycles. The van der Waals surface area contributed by atoms with E-state index in [-0.39, 0.29) is 11.9 Å². The first kappa shape index (κ1) is 14.4. The van der Waals surface area contributed by atoms with Crippen LogP contribution < -0.4 is 9.47 Å². The first-order valence-electron chi connectivity index (χ1n) is 7.13. The molecule has 0 aliphatic carbocycles. The summed E-state index contributed by atoms with van der Waals surface area (Å²) in [6.07, 6.45) is 3.29. The lowest BCUT2D eigenvalue weighted by molar-refractivity contribution is 0.0728. The number of hydrogen-bond acceptors (Lipinski definition) is 5. The highest BCUT2D eigenvalue weighted by molar-refractivity contribution is 5.92. The second-order valence-electron chi connectivity index (χ2n) is 5.12. The van der Waals surface area contributed by atoms with Gasteiger partial charge in [0.05, 0.1) is 26.5 Å². The van der Waals surface area contributed by atoms with Crippen LogP contribution in [0.1, 0.15) is 34.9 Å². The van der Waals surface area contributed by atoms with E-state index in [0.717, 1.165) is 29.9 Å². The molecule has 1 amide bonds. The van der Waals surface area contributed by atoms with Crippen LogP contribution in [-0.4, -0.2) is 47.0 Å². The molecule has 0 radical (unpaired) electrons. The van der Waals surface area contributed by atoms with Crippen molar-refractivity contribution in [1.29, 1.82) is 0 Å². The lowest BCUT2D eigenvalue weighted by Crippen LogP contribution is -2.31. The van der Waals surface area contributed by atoms with E-state index in [0.29, 0.717) is 12.2 Å². The summed E-state index contributed by atoms with van der Waals surface area (Å²) >= 11 is 0. The molecule has 1 aromatic carbocycles.